The standard InChI is InChI=1S/C20H20FN3/c1-23-9-8-17(14-6-4-3-5-7-14)15-10-18-16(12-22)13-24(2)20(18)19(21)11-15/h3-7,10-11,13,17,23H,8-9H2,1-2H3. The van der Waals surface area contributed by atoms with E-state index in [4.69, 9.17) is 0 Å². The minimum absolute atomic E-state index is 0.0873. The first kappa shape index (κ1) is 16.2. The van der Waals surface area contributed by atoms with Crippen LogP contribution in [0, 0.1) is 17.1 Å². The van der Waals surface area contributed by atoms with Crippen molar-refractivity contribution in [2.75, 3.05) is 13.6 Å². The van der Waals surface area contributed by atoms with E-state index in [1.165, 1.54) is 0 Å². The Kier molecular flexibility index (Phi) is 4.64. The molecule has 1 atom stereocenters. The lowest BCUT2D eigenvalue weighted by Gasteiger charge is -2.18. The second kappa shape index (κ2) is 6.86. The maximum atomic E-state index is 14.7. The molecule has 0 bridgehead atoms. The molecule has 1 N–H and O–H groups in total. The first-order valence-electron chi connectivity index (χ1n) is 8.03. The average molecular weight is 321 g/mol. The Morgan fingerprint density at radius 1 is 1.21 bits per heavy atom. The van der Waals surface area contributed by atoms with Crippen LogP contribution in [-0.2, 0) is 7.05 Å². The Balaban J connectivity index is 2.16. The molecule has 4 heteroatoms. The molecule has 0 fully saturated rings. The van der Waals surface area contributed by atoms with Crippen LogP contribution in [0.5, 0.6) is 0 Å². The number of halogens is 1. The van der Waals surface area contributed by atoms with Crippen molar-refractivity contribution in [2.24, 2.45) is 7.05 Å². The monoisotopic (exact) mass is 321 g/mol. The largest absolute Gasteiger partial charge is 0.347 e. The highest BCUT2D eigenvalue weighted by Crippen LogP contribution is 2.33. The molecule has 1 unspecified atom stereocenters. The SMILES string of the molecule is CNCCC(c1ccccc1)c1cc(F)c2c(c1)c(C#N)cn2C. The van der Waals surface area contributed by atoms with Crippen LogP contribution in [0.15, 0.2) is 48.7 Å². The van der Waals surface area contributed by atoms with Crippen LogP contribution >= 0.6 is 0 Å². The molecule has 0 spiro atoms. The molecule has 3 rings (SSSR count). The zero-order valence-corrected chi connectivity index (χ0v) is 13.9. The molecule has 2 aromatic carbocycles. The third-order valence-electron chi connectivity index (χ3n) is 4.46. The molecule has 3 nitrogen and oxygen atoms in total. The molecule has 0 amide bonds. The van der Waals surface area contributed by atoms with Crippen molar-refractivity contribution in [1.82, 2.24) is 9.88 Å². The molecule has 0 saturated heterocycles. The number of hydrogen-bond donors (Lipinski definition) is 1. The number of nitriles is 1. The summed E-state index contributed by atoms with van der Waals surface area (Å²) in [5.41, 5.74) is 3.05. The summed E-state index contributed by atoms with van der Waals surface area (Å²) in [6.45, 7) is 0.832. The van der Waals surface area contributed by atoms with Gasteiger partial charge in [-0.2, -0.15) is 5.26 Å². The van der Waals surface area contributed by atoms with Crippen molar-refractivity contribution in [3.63, 3.8) is 0 Å². The summed E-state index contributed by atoms with van der Waals surface area (Å²) >= 11 is 0. The Hall–Kier alpha value is -2.64. The highest BCUT2D eigenvalue weighted by Gasteiger charge is 2.19. The first-order valence-corrected chi connectivity index (χ1v) is 8.03. The van der Waals surface area contributed by atoms with Gasteiger partial charge in [0.05, 0.1) is 11.1 Å². The molecular formula is C20H20FN3. The van der Waals surface area contributed by atoms with Crippen LogP contribution in [-0.4, -0.2) is 18.2 Å². The number of rotatable bonds is 5. The molecule has 0 saturated carbocycles. The Morgan fingerprint density at radius 3 is 2.62 bits per heavy atom. The van der Waals surface area contributed by atoms with Crippen LogP contribution in [0.2, 0.25) is 0 Å². The predicted molar refractivity (Wildman–Crippen MR) is 94.4 cm³/mol. The van der Waals surface area contributed by atoms with E-state index in [9.17, 15) is 9.65 Å². The number of aromatic nitrogens is 1. The number of nitrogens with zero attached hydrogens (tertiary/aromatic N) is 2. The first-order chi connectivity index (χ1) is 11.7. The second-order valence-electron chi connectivity index (χ2n) is 6.02. The minimum atomic E-state index is -0.281. The Labute approximate surface area is 141 Å². The summed E-state index contributed by atoms with van der Waals surface area (Å²) in [5, 5.41) is 13.2. The highest BCUT2D eigenvalue weighted by atomic mass is 19.1. The minimum Gasteiger partial charge on any atom is -0.347 e. The normalized spacial score (nSPS) is 12.2. The molecule has 3 aromatic rings. The molecule has 1 aromatic heterocycles. The summed E-state index contributed by atoms with van der Waals surface area (Å²) in [5.74, 6) is -0.193. The van der Waals surface area contributed by atoms with E-state index in [2.05, 4.69) is 23.5 Å². The van der Waals surface area contributed by atoms with Crippen LogP contribution in [0.4, 0.5) is 4.39 Å². The van der Waals surface area contributed by atoms with E-state index >= 15 is 0 Å². The van der Waals surface area contributed by atoms with Gasteiger partial charge in [0.2, 0.25) is 0 Å². The van der Waals surface area contributed by atoms with Crippen LogP contribution in [0.3, 0.4) is 0 Å². The molecular weight excluding hydrogens is 301 g/mol. The van der Waals surface area contributed by atoms with Gasteiger partial charge < -0.3 is 9.88 Å². The number of fused-ring (bicyclic) bond motifs is 1. The van der Waals surface area contributed by atoms with Gasteiger partial charge in [0.15, 0.2) is 0 Å². The summed E-state index contributed by atoms with van der Waals surface area (Å²) in [6.07, 6.45) is 2.54. The molecule has 0 radical (unpaired) electrons. The molecule has 0 aliphatic carbocycles. The zero-order valence-electron chi connectivity index (χ0n) is 13.9. The van der Waals surface area contributed by atoms with Crippen LogP contribution < -0.4 is 5.32 Å². The second-order valence-corrected chi connectivity index (χ2v) is 6.02. The van der Waals surface area contributed by atoms with Crippen LogP contribution in [0.25, 0.3) is 10.9 Å². The third kappa shape index (κ3) is 2.91. The third-order valence-corrected chi connectivity index (χ3v) is 4.46. The summed E-state index contributed by atoms with van der Waals surface area (Å²) in [4.78, 5) is 0. The number of aryl methyl sites for hydroxylation is 1. The van der Waals surface area contributed by atoms with Gasteiger partial charge >= 0.3 is 0 Å². The van der Waals surface area contributed by atoms with E-state index in [1.807, 2.05) is 31.3 Å². The fraction of sp³-hybridized carbons (Fsp3) is 0.250. The van der Waals surface area contributed by atoms with E-state index in [1.54, 1.807) is 23.9 Å². The van der Waals surface area contributed by atoms with Gasteiger partial charge in [-0.15, -0.1) is 0 Å². The predicted octanol–water partition coefficient (Wildman–Crippen LogP) is 3.93. The van der Waals surface area contributed by atoms with Gasteiger partial charge in [-0.3, -0.25) is 0 Å². The maximum absolute atomic E-state index is 14.7. The summed E-state index contributed by atoms with van der Waals surface area (Å²) in [6, 6.07) is 15.9. The highest BCUT2D eigenvalue weighted by molar-refractivity contribution is 5.87. The molecule has 122 valence electrons. The fourth-order valence-corrected chi connectivity index (χ4v) is 3.30. The Morgan fingerprint density at radius 2 is 1.96 bits per heavy atom. The summed E-state index contributed by atoms with van der Waals surface area (Å²) in [7, 11) is 3.68. The smallest absolute Gasteiger partial charge is 0.147 e. The average Bonchev–Trinajstić information content (AvgIpc) is 2.93. The van der Waals surface area contributed by atoms with Gasteiger partial charge in [-0.25, -0.2) is 4.39 Å². The molecule has 0 aliphatic rings. The quantitative estimate of drug-likeness (QED) is 0.773. The van der Waals surface area contributed by atoms with Gasteiger partial charge in [-0.1, -0.05) is 30.3 Å². The number of nitrogens with one attached hydrogen (secondary N) is 1. The number of hydrogen-bond acceptors (Lipinski definition) is 2. The van der Waals surface area contributed by atoms with Crippen molar-refractivity contribution in [3.8, 4) is 6.07 Å². The van der Waals surface area contributed by atoms with E-state index < -0.39 is 0 Å². The fourth-order valence-electron chi connectivity index (χ4n) is 3.30. The molecule has 24 heavy (non-hydrogen) atoms. The van der Waals surface area contributed by atoms with Gasteiger partial charge in [0.25, 0.3) is 0 Å². The van der Waals surface area contributed by atoms with Crippen LogP contribution in [0.1, 0.15) is 29.0 Å². The number of benzene rings is 2. The van der Waals surface area contributed by atoms with E-state index in [-0.39, 0.29) is 11.7 Å². The lowest BCUT2D eigenvalue weighted by atomic mass is 9.87. The molecule has 0 aliphatic heterocycles. The van der Waals surface area contributed by atoms with Crippen molar-refractivity contribution in [3.05, 3.63) is 71.2 Å². The lowest BCUT2D eigenvalue weighted by Crippen LogP contribution is -2.13. The van der Waals surface area contributed by atoms with Crippen molar-refractivity contribution < 1.29 is 4.39 Å². The van der Waals surface area contributed by atoms with Gasteiger partial charge in [0.1, 0.15) is 11.9 Å². The van der Waals surface area contributed by atoms with Crippen molar-refractivity contribution >= 4 is 10.9 Å². The zero-order chi connectivity index (χ0) is 17.1. The van der Waals surface area contributed by atoms with E-state index in [0.29, 0.717) is 16.5 Å². The maximum Gasteiger partial charge on any atom is 0.147 e. The van der Waals surface area contributed by atoms with Gasteiger partial charge in [0, 0.05) is 24.5 Å². The lowest BCUT2D eigenvalue weighted by molar-refractivity contribution is 0.620. The van der Waals surface area contributed by atoms with E-state index in [0.717, 1.165) is 24.1 Å². The van der Waals surface area contributed by atoms with Gasteiger partial charge in [-0.05, 0) is 43.3 Å². The topological polar surface area (TPSA) is 40.8 Å². The summed E-state index contributed by atoms with van der Waals surface area (Å²) < 4.78 is 16.4. The Bertz CT molecular complexity index is 891. The molecule has 1 heterocycles. The van der Waals surface area contributed by atoms with Crippen molar-refractivity contribution in [1.29, 1.82) is 5.26 Å². The van der Waals surface area contributed by atoms with Crippen molar-refractivity contribution in [2.45, 2.75) is 12.3 Å².